The highest BCUT2D eigenvalue weighted by Gasteiger charge is 2.02. The number of aliphatic carboxylic acids is 1. The number of hydrogen-bond donors (Lipinski definition) is 2. The first-order valence-corrected chi connectivity index (χ1v) is 5.63. The maximum absolute atomic E-state index is 11.4. The molecule has 1 aromatic heterocycles. The molecule has 2 N–H and O–H groups in total. The van der Waals surface area contributed by atoms with Gasteiger partial charge in [0.1, 0.15) is 6.61 Å². The van der Waals surface area contributed by atoms with Crippen LogP contribution >= 0.6 is 0 Å². The fourth-order valence-electron chi connectivity index (χ4n) is 1.31. The molecule has 0 aliphatic carbocycles. The Hall–Kier alpha value is -1.95. The number of carbonyl (C=O) groups excluding carboxylic acids is 1. The molecule has 98 valence electrons. The minimum Gasteiger partial charge on any atom is -0.480 e. The summed E-state index contributed by atoms with van der Waals surface area (Å²) in [7, 11) is 0. The Labute approximate surface area is 105 Å². The smallest absolute Gasteiger partial charge is 0.329 e. The lowest BCUT2D eigenvalue weighted by Gasteiger charge is -2.05. The molecule has 0 aromatic carbocycles. The molecular weight excluding hydrogens is 236 g/mol. The molecule has 0 unspecified atom stereocenters. The summed E-state index contributed by atoms with van der Waals surface area (Å²) in [6.45, 7) is 0.176. The summed E-state index contributed by atoms with van der Waals surface area (Å²) in [4.78, 5) is 25.5. The van der Waals surface area contributed by atoms with Crippen molar-refractivity contribution < 1.29 is 19.4 Å². The van der Waals surface area contributed by atoms with Crippen LogP contribution < -0.4 is 5.32 Å². The van der Waals surface area contributed by atoms with Crippen LogP contribution in [0.2, 0.25) is 0 Å². The van der Waals surface area contributed by atoms with Crippen molar-refractivity contribution in [2.75, 3.05) is 19.8 Å². The Morgan fingerprint density at radius 3 is 2.94 bits per heavy atom. The van der Waals surface area contributed by atoms with Crippen LogP contribution in [-0.2, 0) is 20.7 Å². The lowest BCUT2D eigenvalue weighted by molar-refractivity contribution is -0.142. The van der Waals surface area contributed by atoms with E-state index in [2.05, 4.69) is 10.3 Å². The molecule has 1 heterocycles. The van der Waals surface area contributed by atoms with Gasteiger partial charge in [0.15, 0.2) is 0 Å². The van der Waals surface area contributed by atoms with E-state index in [-0.39, 0.29) is 19.1 Å². The van der Waals surface area contributed by atoms with Crippen LogP contribution in [0, 0.1) is 0 Å². The van der Waals surface area contributed by atoms with Gasteiger partial charge in [-0.1, -0.05) is 6.07 Å². The highest BCUT2D eigenvalue weighted by Crippen LogP contribution is 1.99. The van der Waals surface area contributed by atoms with E-state index in [1.54, 1.807) is 12.4 Å². The maximum Gasteiger partial charge on any atom is 0.329 e. The molecule has 18 heavy (non-hydrogen) atoms. The molecule has 1 rings (SSSR count). The van der Waals surface area contributed by atoms with Crippen LogP contribution in [0.5, 0.6) is 0 Å². The van der Waals surface area contributed by atoms with Gasteiger partial charge >= 0.3 is 5.97 Å². The predicted octanol–water partition coefficient (Wildman–Crippen LogP) is 0.232. The SMILES string of the molecule is O=C(O)COCCNC(=O)CCc1cccnc1. The number of carboxylic acid groups (broad SMARTS) is 1. The lowest BCUT2D eigenvalue weighted by Crippen LogP contribution is -2.28. The largest absolute Gasteiger partial charge is 0.480 e. The van der Waals surface area contributed by atoms with Crippen LogP contribution in [0.25, 0.3) is 0 Å². The van der Waals surface area contributed by atoms with E-state index >= 15 is 0 Å². The highest BCUT2D eigenvalue weighted by atomic mass is 16.5. The second-order valence-corrected chi connectivity index (χ2v) is 3.66. The van der Waals surface area contributed by atoms with Crippen molar-refractivity contribution in [3.05, 3.63) is 30.1 Å². The van der Waals surface area contributed by atoms with Crippen LogP contribution in [-0.4, -0.2) is 41.7 Å². The first-order valence-electron chi connectivity index (χ1n) is 5.63. The Kier molecular flexibility index (Phi) is 6.42. The topological polar surface area (TPSA) is 88.5 Å². The number of pyridine rings is 1. The zero-order valence-electron chi connectivity index (χ0n) is 9.96. The van der Waals surface area contributed by atoms with Crippen molar-refractivity contribution in [3.63, 3.8) is 0 Å². The average molecular weight is 252 g/mol. The third-order valence-electron chi connectivity index (χ3n) is 2.16. The molecule has 0 aliphatic heterocycles. The minimum atomic E-state index is -1.02. The molecule has 0 atom stereocenters. The van der Waals surface area contributed by atoms with E-state index in [1.807, 2.05) is 12.1 Å². The second kappa shape index (κ2) is 8.19. The Balaban J connectivity index is 2.06. The summed E-state index contributed by atoms with van der Waals surface area (Å²) in [5.74, 6) is -1.10. The van der Waals surface area contributed by atoms with Gasteiger partial charge in [0.2, 0.25) is 5.91 Å². The number of rotatable bonds is 8. The number of nitrogens with zero attached hydrogens (tertiary/aromatic N) is 1. The summed E-state index contributed by atoms with van der Waals surface area (Å²) >= 11 is 0. The second-order valence-electron chi connectivity index (χ2n) is 3.66. The monoisotopic (exact) mass is 252 g/mol. The molecule has 1 aromatic rings. The van der Waals surface area contributed by atoms with E-state index in [0.29, 0.717) is 19.4 Å². The summed E-state index contributed by atoms with van der Waals surface area (Å²) in [6.07, 6.45) is 4.42. The number of aromatic nitrogens is 1. The van der Waals surface area contributed by atoms with E-state index in [1.165, 1.54) is 0 Å². The molecule has 6 heteroatoms. The van der Waals surface area contributed by atoms with E-state index in [9.17, 15) is 9.59 Å². The van der Waals surface area contributed by atoms with Crippen molar-refractivity contribution in [2.45, 2.75) is 12.8 Å². The van der Waals surface area contributed by atoms with Gasteiger partial charge in [-0.3, -0.25) is 9.78 Å². The standard InChI is InChI=1S/C12H16N2O4/c15-11(14-6-7-18-9-12(16)17)4-3-10-2-1-5-13-8-10/h1-2,5,8H,3-4,6-7,9H2,(H,14,15)(H,16,17). The molecule has 0 saturated heterocycles. The minimum absolute atomic E-state index is 0.0854. The van der Waals surface area contributed by atoms with Crippen LogP contribution in [0.3, 0.4) is 0 Å². The fraction of sp³-hybridized carbons (Fsp3) is 0.417. The average Bonchev–Trinajstić information content (AvgIpc) is 2.37. The molecule has 0 radical (unpaired) electrons. The molecule has 0 aliphatic rings. The highest BCUT2D eigenvalue weighted by molar-refractivity contribution is 5.76. The summed E-state index contributed by atoms with van der Waals surface area (Å²) in [6, 6.07) is 3.74. The molecule has 1 amide bonds. The van der Waals surface area contributed by atoms with Gasteiger partial charge in [-0.2, -0.15) is 0 Å². The number of nitrogens with one attached hydrogen (secondary N) is 1. The number of hydrogen-bond acceptors (Lipinski definition) is 4. The van der Waals surface area contributed by atoms with Crippen LogP contribution in [0.4, 0.5) is 0 Å². The number of amides is 1. The van der Waals surface area contributed by atoms with Gasteiger partial charge in [0, 0.05) is 25.4 Å². The zero-order valence-corrected chi connectivity index (χ0v) is 9.96. The molecular formula is C12H16N2O4. The maximum atomic E-state index is 11.4. The first-order chi connectivity index (χ1) is 8.68. The quantitative estimate of drug-likeness (QED) is 0.647. The van der Waals surface area contributed by atoms with Crippen LogP contribution in [0.15, 0.2) is 24.5 Å². The molecule has 0 spiro atoms. The first kappa shape index (κ1) is 14.1. The normalized spacial score (nSPS) is 10.0. The fourth-order valence-corrected chi connectivity index (χ4v) is 1.31. The molecule has 6 nitrogen and oxygen atoms in total. The number of carboxylic acids is 1. The van der Waals surface area contributed by atoms with Crippen molar-refractivity contribution in [1.29, 1.82) is 0 Å². The van der Waals surface area contributed by atoms with Gasteiger partial charge in [-0.25, -0.2) is 4.79 Å². The van der Waals surface area contributed by atoms with Gasteiger partial charge < -0.3 is 15.2 Å². The third-order valence-corrected chi connectivity index (χ3v) is 2.16. The number of aryl methyl sites for hydroxylation is 1. The molecule has 0 saturated carbocycles. The Morgan fingerprint density at radius 1 is 1.44 bits per heavy atom. The van der Waals surface area contributed by atoms with Crippen LogP contribution in [0.1, 0.15) is 12.0 Å². The predicted molar refractivity (Wildman–Crippen MR) is 64.0 cm³/mol. The van der Waals surface area contributed by atoms with Gasteiger partial charge in [-0.15, -0.1) is 0 Å². The third kappa shape index (κ3) is 6.59. The van der Waals surface area contributed by atoms with Gasteiger partial charge in [0.05, 0.1) is 6.61 Å². The number of carbonyl (C=O) groups is 2. The van der Waals surface area contributed by atoms with Crippen molar-refractivity contribution in [3.8, 4) is 0 Å². The number of ether oxygens (including phenoxy) is 1. The van der Waals surface area contributed by atoms with E-state index in [4.69, 9.17) is 9.84 Å². The van der Waals surface area contributed by atoms with Gasteiger partial charge in [-0.05, 0) is 18.1 Å². The van der Waals surface area contributed by atoms with Gasteiger partial charge in [0.25, 0.3) is 0 Å². The zero-order chi connectivity index (χ0) is 13.2. The van der Waals surface area contributed by atoms with Crippen molar-refractivity contribution >= 4 is 11.9 Å². The summed E-state index contributed by atoms with van der Waals surface area (Å²) in [5.41, 5.74) is 1.01. The Bertz CT molecular complexity index is 381. The summed E-state index contributed by atoms with van der Waals surface area (Å²) < 4.78 is 4.78. The van der Waals surface area contributed by atoms with Crippen molar-refractivity contribution in [2.24, 2.45) is 0 Å². The molecule has 0 fully saturated rings. The van der Waals surface area contributed by atoms with Crippen molar-refractivity contribution in [1.82, 2.24) is 10.3 Å². The summed E-state index contributed by atoms with van der Waals surface area (Å²) in [5, 5.41) is 11.0. The van der Waals surface area contributed by atoms with E-state index in [0.717, 1.165) is 5.56 Å². The molecule has 0 bridgehead atoms. The Morgan fingerprint density at radius 2 is 2.28 bits per heavy atom. The lowest BCUT2D eigenvalue weighted by atomic mass is 10.1. The van der Waals surface area contributed by atoms with E-state index < -0.39 is 5.97 Å².